The van der Waals surface area contributed by atoms with Gasteiger partial charge in [-0.25, -0.2) is 0 Å². The van der Waals surface area contributed by atoms with E-state index in [4.69, 9.17) is 9.47 Å². The fraction of sp³-hybridized carbons (Fsp3) is 0.280. The molecule has 1 amide bonds. The fourth-order valence-corrected chi connectivity index (χ4v) is 3.60. The second-order valence-electron chi connectivity index (χ2n) is 7.42. The largest absolute Gasteiger partial charge is 0.497 e. The summed E-state index contributed by atoms with van der Waals surface area (Å²) in [7, 11) is 3.21. The number of ether oxygens (including phenoxy) is 2. The minimum atomic E-state index is -0.844. The maximum absolute atomic E-state index is 12.4. The third kappa shape index (κ3) is 5.36. The van der Waals surface area contributed by atoms with Crippen LogP contribution in [0.25, 0.3) is 16.9 Å². The molecular weight excluding hydrogens is 408 g/mol. The molecule has 0 saturated heterocycles. The third-order valence-corrected chi connectivity index (χ3v) is 5.23. The highest BCUT2D eigenvalue weighted by Crippen LogP contribution is 2.30. The Bertz CT molecular complexity index is 1090. The maximum atomic E-state index is 12.4. The van der Waals surface area contributed by atoms with Crippen molar-refractivity contribution in [2.24, 2.45) is 0 Å². The number of nitrogens with zero attached hydrogens (tertiary/aromatic N) is 1. The lowest BCUT2D eigenvalue weighted by molar-refractivity contribution is -0.136. The number of carboxylic acid groups (broad SMARTS) is 1. The number of hydrogen-bond donors (Lipinski definition) is 2. The highest BCUT2D eigenvalue weighted by atomic mass is 16.5. The highest BCUT2D eigenvalue weighted by Gasteiger charge is 2.16. The van der Waals surface area contributed by atoms with Crippen molar-refractivity contribution in [3.8, 4) is 22.7 Å². The summed E-state index contributed by atoms with van der Waals surface area (Å²) in [6, 6.07) is 17.2. The summed E-state index contributed by atoms with van der Waals surface area (Å²) in [5.41, 5.74) is 5.18. The van der Waals surface area contributed by atoms with Gasteiger partial charge in [0.2, 0.25) is 0 Å². The molecule has 0 spiro atoms. The lowest BCUT2D eigenvalue weighted by atomic mass is 10.1. The minimum Gasteiger partial charge on any atom is -0.497 e. The van der Waals surface area contributed by atoms with Gasteiger partial charge in [0.1, 0.15) is 5.75 Å². The molecule has 0 aliphatic carbocycles. The van der Waals surface area contributed by atoms with Crippen molar-refractivity contribution in [2.75, 3.05) is 27.4 Å². The van der Waals surface area contributed by atoms with Crippen molar-refractivity contribution in [1.29, 1.82) is 0 Å². The van der Waals surface area contributed by atoms with Crippen molar-refractivity contribution < 1.29 is 24.2 Å². The fourth-order valence-electron chi connectivity index (χ4n) is 3.60. The molecular formula is C25H28N2O5. The van der Waals surface area contributed by atoms with Gasteiger partial charge in [0, 0.05) is 30.6 Å². The molecule has 1 aromatic heterocycles. The molecule has 0 aliphatic heterocycles. The van der Waals surface area contributed by atoms with Gasteiger partial charge in [0.25, 0.3) is 5.91 Å². The average molecular weight is 437 g/mol. The molecule has 0 bridgehead atoms. The van der Waals surface area contributed by atoms with E-state index in [-0.39, 0.29) is 12.3 Å². The Kier molecular flexibility index (Phi) is 7.68. The summed E-state index contributed by atoms with van der Waals surface area (Å²) >= 11 is 0. The van der Waals surface area contributed by atoms with Crippen LogP contribution in [0.1, 0.15) is 28.0 Å². The number of amides is 1. The van der Waals surface area contributed by atoms with E-state index in [1.807, 2.05) is 55.5 Å². The van der Waals surface area contributed by atoms with E-state index in [0.717, 1.165) is 34.0 Å². The Morgan fingerprint density at radius 2 is 1.78 bits per heavy atom. The van der Waals surface area contributed by atoms with Crippen LogP contribution >= 0.6 is 0 Å². The molecule has 2 aromatic carbocycles. The molecule has 7 nitrogen and oxygen atoms in total. The first-order valence-electron chi connectivity index (χ1n) is 10.4. The van der Waals surface area contributed by atoms with Crippen LogP contribution in [-0.2, 0) is 16.0 Å². The number of aliphatic carboxylic acids is 1. The van der Waals surface area contributed by atoms with Crippen LogP contribution in [0.4, 0.5) is 0 Å². The van der Waals surface area contributed by atoms with Gasteiger partial charge in [-0.05, 0) is 79.1 Å². The molecule has 0 atom stereocenters. The van der Waals surface area contributed by atoms with Crippen LogP contribution in [0, 0.1) is 6.92 Å². The second kappa shape index (κ2) is 10.6. The lowest BCUT2D eigenvalue weighted by Gasteiger charge is -2.17. The van der Waals surface area contributed by atoms with Gasteiger partial charge >= 0.3 is 5.97 Å². The number of carbonyl (C=O) groups excluding carboxylic acids is 1. The van der Waals surface area contributed by atoms with E-state index in [2.05, 4.69) is 9.88 Å². The molecule has 0 aliphatic rings. The topological polar surface area (TPSA) is 89.8 Å². The standard InChI is InChI=1S/C25H28N2O5/c1-17-16-19(25(30)26-14-15-31-2)6-11-22(17)27-20(8-13-24(28)29)7-12-23(27)18-4-9-21(32-3)10-5-18/h4-7,9-12,16H,8,13-15H2,1-3H3,(H,26,30)(H,28,29). The van der Waals surface area contributed by atoms with Gasteiger partial charge in [-0.3, -0.25) is 9.59 Å². The summed E-state index contributed by atoms with van der Waals surface area (Å²) in [5.74, 6) is -0.243. The number of aryl methyl sites for hydroxylation is 2. The molecule has 0 fully saturated rings. The smallest absolute Gasteiger partial charge is 0.303 e. The maximum Gasteiger partial charge on any atom is 0.303 e. The van der Waals surface area contributed by atoms with E-state index in [1.54, 1.807) is 20.3 Å². The quantitative estimate of drug-likeness (QED) is 0.471. The molecule has 1 heterocycles. The Hall–Kier alpha value is -3.58. The van der Waals surface area contributed by atoms with Crippen LogP contribution in [0.15, 0.2) is 54.6 Å². The average Bonchev–Trinajstić information content (AvgIpc) is 3.21. The number of benzene rings is 2. The van der Waals surface area contributed by atoms with Crippen LogP contribution < -0.4 is 10.1 Å². The van der Waals surface area contributed by atoms with Crippen LogP contribution in [0.5, 0.6) is 5.75 Å². The van der Waals surface area contributed by atoms with E-state index in [1.165, 1.54) is 0 Å². The summed E-state index contributed by atoms with van der Waals surface area (Å²) in [5, 5.41) is 12.0. The zero-order valence-corrected chi connectivity index (χ0v) is 18.6. The molecule has 3 rings (SSSR count). The van der Waals surface area contributed by atoms with Crippen molar-refractivity contribution in [3.63, 3.8) is 0 Å². The molecule has 0 unspecified atom stereocenters. The predicted octanol–water partition coefficient (Wildman–Crippen LogP) is 3.85. The van der Waals surface area contributed by atoms with Crippen LogP contribution in [-0.4, -0.2) is 48.9 Å². The molecule has 7 heteroatoms. The van der Waals surface area contributed by atoms with E-state index in [9.17, 15) is 14.7 Å². The summed E-state index contributed by atoms with van der Waals surface area (Å²) in [6.45, 7) is 2.83. The SMILES string of the molecule is COCCNC(=O)c1ccc(-n2c(CCC(=O)O)ccc2-c2ccc(OC)cc2)c(C)c1. The third-order valence-electron chi connectivity index (χ3n) is 5.23. The van der Waals surface area contributed by atoms with E-state index in [0.29, 0.717) is 25.1 Å². The van der Waals surface area contributed by atoms with Crippen molar-refractivity contribution >= 4 is 11.9 Å². The molecule has 0 saturated carbocycles. The van der Waals surface area contributed by atoms with Crippen LogP contribution in [0.3, 0.4) is 0 Å². The zero-order chi connectivity index (χ0) is 23.1. The zero-order valence-electron chi connectivity index (χ0n) is 18.6. The Labute approximate surface area is 187 Å². The van der Waals surface area contributed by atoms with Gasteiger partial charge in [-0.15, -0.1) is 0 Å². The Morgan fingerprint density at radius 1 is 1.03 bits per heavy atom. The molecule has 3 aromatic rings. The summed E-state index contributed by atoms with van der Waals surface area (Å²) in [4.78, 5) is 23.6. The van der Waals surface area contributed by atoms with Crippen molar-refractivity contribution in [2.45, 2.75) is 19.8 Å². The normalized spacial score (nSPS) is 10.7. The number of nitrogens with one attached hydrogen (secondary N) is 1. The van der Waals surface area contributed by atoms with E-state index < -0.39 is 5.97 Å². The summed E-state index contributed by atoms with van der Waals surface area (Å²) in [6.07, 6.45) is 0.426. The number of methoxy groups -OCH3 is 2. The van der Waals surface area contributed by atoms with E-state index >= 15 is 0 Å². The number of hydrogen-bond acceptors (Lipinski definition) is 4. The number of carboxylic acids is 1. The van der Waals surface area contributed by atoms with Crippen molar-refractivity contribution in [1.82, 2.24) is 9.88 Å². The molecule has 168 valence electrons. The molecule has 32 heavy (non-hydrogen) atoms. The van der Waals surface area contributed by atoms with Gasteiger partial charge in [0.05, 0.1) is 25.8 Å². The first-order chi connectivity index (χ1) is 15.4. The lowest BCUT2D eigenvalue weighted by Crippen LogP contribution is -2.27. The monoisotopic (exact) mass is 436 g/mol. The molecule has 0 radical (unpaired) electrons. The second-order valence-corrected chi connectivity index (χ2v) is 7.42. The van der Waals surface area contributed by atoms with Gasteiger partial charge in [-0.1, -0.05) is 0 Å². The minimum absolute atomic E-state index is 0.0328. The number of rotatable bonds is 10. The summed E-state index contributed by atoms with van der Waals surface area (Å²) < 4.78 is 12.3. The van der Waals surface area contributed by atoms with Crippen LogP contribution in [0.2, 0.25) is 0 Å². The van der Waals surface area contributed by atoms with Crippen molar-refractivity contribution in [3.05, 3.63) is 71.4 Å². The number of carbonyl (C=O) groups is 2. The Morgan fingerprint density at radius 3 is 2.41 bits per heavy atom. The first-order valence-corrected chi connectivity index (χ1v) is 10.4. The Balaban J connectivity index is 2.01. The van der Waals surface area contributed by atoms with Gasteiger partial charge in [-0.2, -0.15) is 0 Å². The van der Waals surface area contributed by atoms with Gasteiger partial charge < -0.3 is 24.5 Å². The first kappa shape index (κ1) is 23.1. The van der Waals surface area contributed by atoms with Gasteiger partial charge in [0.15, 0.2) is 0 Å². The molecule has 2 N–H and O–H groups in total. The predicted molar refractivity (Wildman–Crippen MR) is 123 cm³/mol. The highest BCUT2D eigenvalue weighted by molar-refractivity contribution is 5.94. The number of aromatic nitrogens is 1.